The average molecular weight is 372 g/mol. The van der Waals surface area contributed by atoms with Gasteiger partial charge in [-0.2, -0.15) is 0 Å². The summed E-state index contributed by atoms with van der Waals surface area (Å²) in [6.07, 6.45) is 2.94. The van der Waals surface area contributed by atoms with Crippen LogP contribution in [0.2, 0.25) is 0 Å². The van der Waals surface area contributed by atoms with Crippen LogP contribution in [0.3, 0.4) is 0 Å². The molecule has 0 aliphatic carbocycles. The number of aryl methyl sites for hydroxylation is 1. The molecule has 2 rings (SSSR count). The molecule has 6 nitrogen and oxygen atoms in total. The Kier molecular flexibility index (Phi) is 3.84. The van der Waals surface area contributed by atoms with Crippen LogP contribution < -0.4 is 10.3 Å². The number of hydrogen-bond acceptors (Lipinski definition) is 4. The van der Waals surface area contributed by atoms with E-state index in [1.54, 1.807) is 13.1 Å². The monoisotopic (exact) mass is 372 g/mol. The van der Waals surface area contributed by atoms with Gasteiger partial charge >= 0.3 is 11.5 Å². The lowest BCUT2D eigenvalue weighted by atomic mass is 10.2. The predicted molar refractivity (Wildman–Crippen MR) is 75.7 cm³/mol. The standard InChI is InChI=1S/C12H9IN2O4/c1-15-5-4-14-10(11(15)16)19-9-6-7(12(17)18)2-3-8(9)13/h2-6H,1H3,(H,17,18). The van der Waals surface area contributed by atoms with Gasteiger partial charge in [0.05, 0.1) is 9.13 Å². The minimum Gasteiger partial charge on any atom is -0.478 e. The Balaban J connectivity index is 2.43. The van der Waals surface area contributed by atoms with Crippen LogP contribution in [-0.2, 0) is 7.05 Å². The van der Waals surface area contributed by atoms with E-state index in [0.717, 1.165) is 0 Å². The summed E-state index contributed by atoms with van der Waals surface area (Å²) < 4.78 is 7.42. The van der Waals surface area contributed by atoms with E-state index in [1.807, 2.05) is 22.6 Å². The molecule has 0 aliphatic heterocycles. The number of hydrogen-bond donors (Lipinski definition) is 1. The SMILES string of the molecule is Cn1ccnc(Oc2cc(C(=O)O)ccc2I)c1=O. The molecule has 0 spiro atoms. The number of halogens is 1. The predicted octanol–water partition coefficient (Wildman–Crippen LogP) is 1.88. The average Bonchev–Trinajstić information content (AvgIpc) is 2.37. The number of carbonyl (C=O) groups is 1. The molecule has 19 heavy (non-hydrogen) atoms. The third-order valence-electron chi connectivity index (χ3n) is 2.37. The summed E-state index contributed by atoms with van der Waals surface area (Å²) in [6.45, 7) is 0. The number of carboxylic acids is 1. The van der Waals surface area contributed by atoms with Crippen LogP contribution in [0.15, 0.2) is 35.4 Å². The van der Waals surface area contributed by atoms with Crippen molar-refractivity contribution in [2.45, 2.75) is 0 Å². The zero-order valence-corrected chi connectivity index (χ0v) is 12.0. The maximum atomic E-state index is 11.8. The van der Waals surface area contributed by atoms with Gasteiger partial charge in [-0.25, -0.2) is 9.78 Å². The Labute approximate surface area is 121 Å². The molecule has 7 heteroatoms. The van der Waals surface area contributed by atoms with Gasteiger partial charge in [-0.05, 0) is 40.8 Å². The molecule has 0 saturated heterocycles. The molecule has 98 valence electrons. The van der Waals surface area contributed by atoms with Crippen molar-refractivity contribution < 1.29 is 14.6 Å². The van der Waals surface area contributed by atoms with E-state index in [0.29, 0.717) is 3.57 Å². The number of carboxylic acid groups (broad SMARTS) is 1. The molecule has 1 N–H and O–H groups in total. The zero-order valence-electron chi connectivity index (χ0n) is 9.83. The van der Waals surface area contributed by atoms with E-state index in [-0.39, 0.29) is 22.8 Å². The molecule has 0 unspecified atom stereocenters. The van der Waals surface area contributed by atoms with E-state index >= 15 is 0 Å². The molecular formula is C12H9IN2O4. The lowest BCUT2D eigenvalue weighted by molar-refractivity contribution is 0.0696. The Hall–Kier alpha value is -1.90. The van der Waals surface area contributed by atoms with Gasteiger partial charge in [0.15, 0.2) is 0 Å². The second kappa shape index (κ2) is 5.39. The van der Waals surface area contributed by atoms with Gasteiger partial charge in [-0.15, -0.1) is 0 Å². The van der Waals surface area contributed by atoms with Gasteiger partial charge in [-0.1, -0.05) is 0 Å². The van der Waals surface area contributed by atoms with Crippen LogP contribution in [0.5, 0.6) is 11.6 Å². The second-order valence-electron chi connectivity index (χ2n) is 3.70. The third-order valence-corrected chi connectivity index (χ3v) is 3.26. The molecule has 1 heterocycles. The van der Waals surface area contributed by atoms with E-state index in [2.05, 4.69) is 4.98 Å². The fraction of sp³-hybridized carbons (Fsp3) is 0.0833. The first kappa shape index (κ1) is 13.5. The van der Waals surface area contributed by atoms with Crippen molar-refractivity contribution in [1.82, 2.24) is 9.55 Å². The van der Waals surface area contributed by atoms with Crippen LogP contribution in [0, 0.1) is 3.57 Å². The van der Waals surface area contributed by atoms with Gasteiger partial charge in [0.2, 0.25) is 0 Å². The minimum absolute atomic E-state index is 0.0863. The molecule has 1 aromatic heterocycles. The highest BCUT2D eigenvalue weighted by molar-refractivity contribution is 14.1. The van der Waals surface area contributed by atoms with E-state index in [9.17, 15) is 9.59 Å². The van der Waals surface area contributed by atoms with Crippen LogP contribution in [0.25, 0.3) is 0 Å². The van der Waals surface area contributed by atoms with Crippen LogP contribution >= 0.6 is 22.6 Å². The Morgan fingerprint density at radius 1 is 1.47 bits per heavy atom. The van der Waals surface area contributed by atoms with E-state index in [4.69, 9.17) is 9.84 Å². The van der Waals surface area contributed by atoms with E-state index in [1.165, 1.54) is 29.1 Å². The van der Waals surface area contributed by atoms with Crippen molar-refractivity contribution in [3.63, 3.8) is 0 Å². The molecule has 0 amide bonds. The molecule has 0 fully saturated rings. The minimum atomic E-state index is -1.06. The van der Waals surface area contributed by atoms with Crippen molar-refractivity contribution in [3.8, 4) is 11.6 Å². The van der Waals surface area contributed by atoms with Gasteiger partial charge < -0.3 is 14.4 Å². The number of ether oxygens (including phenoxy) is 1. The summed E-state index contributed by atoms with van der Waals surface area (Å²) in [5.74, 6) is -0.864. The highest BCUT2D eigenvalue weighted by Gasteiger charge is 2.11. The molecule has 0 atom stereocenters. The molecule has 1 aromatic carbocycles. The first-order chi connectivity index (χ1) is 8.99. The molecule has 0 radical (unpaired) electrons. The van der Waals surface area contributed by atoms with Gasteiger partial charge in [-0.3, -0.25) is 4.79 Å². The number of rotatable bonds is 3. The number of benzene rings is 1. The lowest BCUT2D eigenvalue weighted by Crippen LogP contribution is -2.18. The zero-order chi connectivity index (χ0) is 14.0. The Morgan fingerprint density at radius 2 is 2.21 bits per heavy atom. The third kappa shape index (κ3) is 2.92. The summed E-state index contributed by atoms with van der Waals surface area (Å²) in [6, 6.07) is 4.43. The van der Waals surface area contributed by atoms with E-state index < -0.39 is 5.97 Å². The molecule has 0 aliphatic rings. The lowest BCUT2D eigenvalue weighted by Gasteiger charge is -2.07. The van der Waals surface area contributed by atoms with Crippen molar-refractivity contribution in [2.75, 3.05) is 0 Å². The summed E-state index contributed by atoms with van der Waals surface area (Å²) in [5, 5.41) is 8.93. The smallest absolute Gasteiger partial charge is 0.335 e. The largest absolute Gasteiger partial charge is 0.478 e. The number of aromatic nitrogens is 2. The second-order valence-corrected chi connectivity index (χ2v) is 4.86. The van der Waals surface area contributed by atoms with Gasteiger partial charge in [0.1, 0.15) is 5.75 Å². The van der Waals surface area contributed by atoms with Crippen molar-refractivity contribution in [1.29, 1.82) is 0 Å². The fourth-order valence-electron chi connectivity index (χ4n) is 1.36. The summed E-state index contributed by atoms with van der Waals surface area (Å²) in [4.78, 5) is 26.5. The van der Waals surface area contributed by atoms with Gasteiger partial charge in [0.25, 0.3) is 5.88 Å². The maximum absolute atomic E-state index is 11.8. The normalized spacial score (nSPS) is 10.2. The highest BCUT2D eigenvalue weighted by atomic mass is 127. The summed E-state index contributed by atoms with van der Waals surface area (Å²) >= 11 is 1.99. The molecule has 0 saturated carbocycles. The Morgan fingerprint density at radius 3 is 2.89 bits per heavy atom. The summed E-state index contributed by atoms with van der Waals surface area (Å²) in [7, 11) is 1.58. The van der Waals surface area contributed by atoms with Crippen molar-refractivity contribution in [2.24, 2.45) is 7.05 Å². The van der Waals surface area contributed by atoms with Crippen LogP contribution in [0.1, 0.15) is 10.4 Å². The number of nitrogens with zero attached hydrogens (tertiary/aromatic N) is 2. The van der Waals surface area contributed by atoms with Gasteiger partial charge in [0, 0.05) is 19.4 Å². The topological polar surface area (TPSA) is 81.4 Å². The molecule has 2 aromatic rings. The first-order valence-corrected chi connectivity index (χ1v) is 6.29. The van der Waals surface area contributed by atoms with Crippen LogP contribution in [-0.4, -0.2) is 20.6 Å². The van der Waals surface area contributed by atoms with Crippen molar-refractivity contribution in [3.05, 3.63) is 50.1 Å². The highest BCUT2D eigenvalue weighted by Crippen LogP contribution is 2.25. The Bertz CT molecular complexity index is 696. The number of aromatic carboxylic acids is 1. The molecular weight excluding hydrogens is 363 g/mol. The summed E-state index contributed by atoms with van der Waals surface area (Å²) in [5.41, 5.74) is -0.304. The van der Waals surface area contributed by atoms with Crippen LogP contribution in [0.4, 0.5) is 0 Å². The van der Waals surface area contributed by atoms with Crippen molar-refractivity contribution >= 4 is 28.6 Å². The fourth-order valence-corrected chi connectivity index (χ4v) is 1.81. The molecule has 0 bridgehead atoms. The quantitative estimate of drug-likeness (QED) is 0.833. The maximum Gasteiger partial charge on any atom is 0.335 e. The first-order valence-electron chi connectivity index (χ1n) is 5.21.